The number of nitrogens with zero attached hydrogens (tertiary/aromatic N) is 1. The van der Waals surface area contributed by atoms with Crippen molar-refractivity contribution in [3.8, 4) is 5.88 Å². The Kier molecular flexibility index (Phi) is 3.75. The second-order valence-electron chi connectivity index (χ2n) is 4.49. The third kappa shape index (κ3) is 2.93. The van der Waals surface area contributed by atoms with Crippen LogP contribution in [-0.2, 0) is 6.18 Å². The Balaban J connectivity index is 1.99. The van der Waals surface area contributed by atoms with Crippen LogP contribution in [0, 0.1) is 5.92 Å². The number of alkyl halides is 3. The summed E-state index contributed by atoms with van der Waals surface area (Å²) in [6, 6.07) is 2.26. The minimum absolute atomic E-state index is 0.153. The minimum atomic E-state index is -4.42. The molecule has 1 aliphatic rings. The summed E-state index contributed by atoms with van der Waals surface area (Å²) in [6.45, 7) is 0.869. The normalized spacial score (nSPS) is 23.6. The minimum Gasteiger partial charge on any atom is -0.474 e. The first-order chi connectivity index (χ1) is 8.50. The third-order valence-electron chi connectivity index (χ3n) is 3.04. The molecule has 1 aromatic rings. The molecule has 1 heterocycles. The summed E-state index contributed by atoms with van der Waals surface area (Å²) in [6.07, 6.45) is -1.71. The number of nitrogens with one attached hydrogen (secondary N) is 1. The van der Waals surface area contributed by atoms with Crippen molar-refractivity contribution in [1.29, 1.82) is 0 Å². The van der Waals surface area contributed by atoms with Crippen molar-refractivity contribution in [2.24, 2.45) is 5.92 Å². The first kappa shape index (κ1) is 13.1. The third-order valence-corrected chi connectivity index (χ3v) is 3.04. The predicted octanol–water partition coefficient (Wildman–Crippen LogP) is 2.48. The summed E-state index contributed by atoms with van der Waals surface area (Å²) in [7, 11) is 1.86. The Labute approximate surface area is 103 Å². The molecule has 0 bridgehead atoms. The number of hydrogen-bond acceptors (Lipinski definition) is 3. The fraction of sp³-hybridized carbons (Fsp3) is 0.583. The molecule has 0 aliphatic heterocycles. The van der Waals surface area contributed by atoms with E-state index in [1.54, 1.807) is 0 Å². The maximum atomic E-state index is 12.7. The summed E-state index contributed by atoms with van der Waals surface area (Å²) < 4.78 is 43.4. The number of pyridine rings is 1. The van der Waals surface area contributed by atoms with E-state index < -0.39 is 11.7 Å². The van der Waals surface area contributed by atoms with Crippen molar-refractivity contribution in [2.75, 3.05) is 13.6 Å². The summed E-state index contributed by atoms with van der Waals surface area (Å²) in [5.41, 5.74) is -0.804. The molecule has 0 radical (unpaired) electrons. The van der Waals surface area contributed by atoms with E-state index in [9.17, 15) is 13.2 Å². The van der Waals surface area contributed by atoms with Crippen LogP contribution in [0.25, 0.3) is 0 Å². The lowest BCUT2D eigenvalue weighted by molar-refractivity contribution is -0.140. The Hall–Kier alpha value is -1.30. The molecule has 1 saturated carbocycles. The molecule has 2 rings (SSSR count). The quantitative estimate of drug-likeness (QED) is 0.903. The van der Waals surface area contributed by atoms with Crippen LogP contribution in [0.3, 0.4) is 0 Å². The fourth-order valence-corrected chi connectivity index (χ4v) is 2.08. The molecule has 0 spiro atoms. The lowest BCUT2D eigenvalue weighted by Crippen LogP contribution is -2.39. The average Bonchev–Trinajstić information content (AvgIpc) is 2.25. The van der Waals surface area contributed by atoms with Gasteiger partial charge < -0.3 is 10.1 Å². The van der Waals surface area contributed by atoms with E-state index in [1.807, 2.05) is 7.05 Å². The molecule has 0 atom stereocenters. The van der Waals surface area contributed by atoms with Gasteiger partial charge in [0.25, 0.3) is 0 Å². The average molecular weight is 260 g/mol. The van der Waals surface area contributed by atoms with Crippen molar-refractivity contribution < 1.29 is 17.9 Å². The molecule has 100 valence electrons. The van der Waals surface area contributed by atoms with Gasteiger partial charge in [-0.25, -0.2) is 4.98 Å². The molecular formula is C12H15F3N2O. The van der Waals surface area contributed by atoms with E-state index in [4.69, 9.17) is 4.74 Å². The highest BCUT2D eigenvalue weighted by atomic mass is 19.4. The van der Waals surface area contributed by atoms with Gasteiger partial charge in [-0.1, -0.05) is 0 Å². The maximum Gasteiger partial charge on any atom is 0.421 e. The zero-order valence-electron chi connectivity index (χ0n) is 10.00. The summed E-state index contributed by atoms with van der Waals surface area (Å²) in [5, 5.41) is 3.04. The SMILES string of the molecule is CNCC1CC(Oc2ncccc2C(F)(F)F)C1. The molecule has 1 aliphatic carbocycles. The largest absolute Gasteiger partial charge is 0.474 e. The van der Waals surface area contributed by atoms with Crippen LogP contribution >= 0.6 is 0 Å². The molecule has 0 aromatic carbocycles. The van der Waals surface area contributed by atoms with Gasteiger partial charge in [-0.2, -0.15) is 13.2 Å². The van der Waals surface area contributed by atoms with E-state index in [-0.39, 0.29) is 12.0 Å². The van der Waals surface area contributed by atoms with E-state index in [0.29, 0.717) is 5.92 Å². The van der Waals surface area contributed by atoms with Crippen molar-refractivity contribution in [3.05, 3.63) is 23.9 Å². The summed E-state index contributed by atoms with van der Waals surface area (Å²) in [5.74, 6) is 0.177. The number of hydrogen-bond donors (Lipinski definition) is 1. The standard InChI is InChI=1S/C12H15F3N2O/c1-16-7-8-5-9(6-8)18-11-10(12(13,14)15)3-2-4-17-11/h2-4,8-9,16H,5-7H2,1H3. The second-order valence-corrected chi connectivity index (χ2v) is 4.49. The van der Waals surface area contributed by atoms with E-state index in [2.05, 4.69) is 10.3 Å². The van der Waals surface area contributed by atoms with Crippen molar-refractivity contribution >= 4 is 0 Å². The van der Waals surface area contributed by atoms with Gasteiger partial charge >= 0.3 is 6.18 Å². The molecular weight excluding hydrogens is 245 g/mol. The molecule has 18 heavy (non-hydrogen) atoms. The molecule has 1 aromatic heterocycles. The fourth-order valence-electron chi connectivity index (χ4n) is 2.08. The van der Waals surface area contributed by atoms with Crippen LogP contribution in [0.4, 0.5) is 13.2 Å². The number of rotatable bonds is 4. The van der Waals surface area contributed by atoms with E-state index in [1.165, 1.54) is 12.3 Å². The topological polar surface area (TPSA) is 34.1 Å². The van der Waals surface area contributed by atoms with E-state index >= 15 is 0 Å². The molecule has 0 saturated heterocycles. The lowest BCUT2D eigenvalue weighted by Gasteiger charge is -2.35. The van der Waals surface area contributed by atoms with Crippen LogP contribution in [0.15, 0.2) is 18.3 Å². The summed E-state index contributed by atoms with van der Waals surface area (Å²) in [4.78, 5) is 3.68. The number of ether oxygens (including phenoxy) is 1. The smallest absolute Gasteiger partial charge is 0.421 e. The van der Waals surface area contributed by atoms with Gasteiger partial charge in [-0.05, 0) is 44.5 Å². The van der Waals surface area contributed by atoms with Gasteiger partial charge in [-0.15, -0.1) is 0 Å². The van der Waals surface area contributed by atoms with Crippen molar-refractivity contribution in [2.45, 2.75) is 25.1 Å². The Morgan fingerprint density at radius 1 is 1.44 bits per heavy atom. The van der Waals surface area contributed by atoms with Crippen molar-refractivity contribution in [1.82, 2.24) is 10.3 Å². The number of aromatic nitrogens is 1. The van der Waals surface area contributed by atoms with Gasteiger partial charge in [-0.3, -0.25) is 0 Å². The first-order valence-corrected chi connectivity index (χ1v) is 5.84. The van der Waals surface area contributed by atoms with Gasteiger partial charge in [0.05, 0.1) is 0 Å². The van der Waals surface area contributed by atoms with Crippen LogP contribution in [0.2, 0.25) is 0 Å². The highest BCUT2D eigenvalue weighted by Crippen LogP contribution is 2.37. The van der Waals surface area contributed by atoms with Crippen LogP contribution in [0.1, 0.15) is 18.4 Å². The molecule has 0 amide bonds. The molecule has 3 nitrogen and oxygen atoms in total. The molecule has 6 heteroatoms. The van der Waals surface area contributed by atoms with Crippen LogP contribution in [-0.4, -0.2) is 24.7 Å². The monoisotopic (exact) mass is 260 g/mol. The van der Waals surface area contributed by atoms with E-state index in [0.717, 1.165) is 25.5 Å². The van der Waals surface area contributed by atoms with Crippen LogP contribution in [0.5, 0.6) is 5.88 Å². The first-order valence-electron chi connectivity index (χ1n) is 5.84. The number of halogens is 3. The van der Waals surface area contributed by atoms with Gasteiger partial charge in [0.15, 0.2) is 0 Å². The highest BCUT2D eigenvalue weighted by molar-refractivity contribution is 5.28. The predicted molar refractivity (Wildman–Crippen MR) is 60.3 cm³/mol. The molecule has 1 N–H and O–H groups in total. The zero-order chi connectivity index (χ0) is 13.2. The van der Waals surface area contributed by atoms with Gasteiger partial charge in [0, 0.05) is 6.20 Å². The van der Waals surface area contributed by atoms with Crippen LogP contribution < -0.4 is 10.1 Å². The van der Waals surface area contributed by atoms with Gasteiger partial charge in [0.1, 0.15) is 11.7 Å². The Bertz CT molecular complexity index is 403. The van der Waals surface area contributed by atoms with Crippen molar-refractivity contribution in [3.63, 3.8) is 0 Å². The Morgan fingerprint density at radius 3 is 2.78 bits per heavy atom. The summed E-state index contributed by atoms with van der Waals surface area (Å²) >= 11 is 0. The molecule has 1 fully saturated rings. The second kappa shape index (κ2) is 5.14. The lowest BCUT2D eigenvalue weighted by atomic mass is 9.82. The highest BCUT2D eigenvalue weighted by Gasteiger charge is 2.37. The maximum absolute atomic E-state index is 12.7. The zero-order valence-corrected chi connectivity index (χ0v) is 10.00. The Morgan fingerprint density at radius 2 is 2.17 bits per heavy atom. The molecule has 0 unspecified atom stereocenters. The van der Waals surface area contributed by atoms with Gasteiger partial charge in [0.2, 0.25) is 5.88 Å².